The summed E-state index contributed by atoms with van der Waals surface area (Å²) >= 11 is 0. The predicted octanol–water partition coefficient (Wildman–Crippen LogP) is 4.28. The van der Waals surface area contributed by atoms with Crippen molar-refractivity contribution in [1.82, 2.24) is 10.3 Å². The summed E-state index contributed by atoms with van der Waals surface area (Å²) in [4.78, 5) is 4.28. The van der Waals surface area contributed by atoms with Crippen LogP contribution in [0, 0.1) is 0 Å². The average Bonchev–Trinajstić information content (AvgIpc) is 2.45. The van der Waals surface area contributed by atoms with Crippen molar-refractivity contribution in [1.29, 1.82) is 0 Å². The summed E-state index contributed by atoms with van der Waals surface area (Å²) in [5.74, 6) is 1.46. The Hall–Kier alpha value is -1.87. The first kappa shape index (κ1) is 15.5. The molecule has 2 aromatic rings. The second-order valence-electron chi connectivity index (χ2n) is 6.16. The van der Waals surface area contributed by atoms with Gasteiger partial charge in [-0.05, 0) is 41.3 Å². The summed E-state index contributed by atoms with van der Waals surface area (Å²) in [6.45, 7) is 10.5. The predicted molar refractivity (Wildman–Crippen MR) is 86.8 cm³/mol. The minimum absolute atomic E-state index is 0.111. The molecule has 0 saturated carbocycles. The summed E-state index contributed by atoms with van der Waals surface area (Å²) in [5.41, 5.74) is 2.54. The van der Waals surface area contributed by atoms with Gasteiger partial charge in [0.05, 0.1) is 0 Å². The Balaban J connectivity index is 2.14. The second-order valence-corrected chi connectivity index (χ2v) is 6.16. The molecule has 0 fully saturated rings. The fraction of sp³-hybridized carbons (Fsp3) is 0.389. The molecule has 112 valence electrons. The lowest BCUT2D eigenvalue weighted by Crippen LogP contribution is -2.11. The molecule has 0 aliphatic carbocycles. The summed E-state index contributed by atoms with van der Waals surface area (Å²) in [7, 11) is 0. The van der Waals surface area contributed by atoms with Gasteiger partial charge in [0.2, 0.25) is 5.88 Å². The normalized spacial score (nSPS) is 11.4. The number of hydrogen-bond acceptors (Lipinski definition) is 3. The van der Waals surface area contributed by atoms with Gasteiger partial charge in [-0.3, -0.25) is 0 Å². The molecule has 0 saturated heterocycles. The molecule has 0 spiro atoms. The van der Waals surface area contributed by atoms with E-state index < -0.39 is 0 Å². The number of hydrogen-bond donors (Lipinski definition) is 1. The minimum Gasteiger partial charge on any atom is -0.439 e. The quantitative estimate of drug-likeness (QED) is 0.889. The molecule has 1 aromatic carbocycles. The number of ether oxygens (including phenoxy) is 1. The van der Waals surface area contributed by atoms with Crippen molar-refractivity contribution in [3.05, 3.63) is 53.7 Å². The lowest BCUT2D eigenvalue weighted by Gasteiger charge is -2.19. The first-order valence-corrected chi connectivity index (χ1v) is 7.43. The third-order valence-electron chi connectivity index (χ3n) is 3.30. The average molecular weight is 284 g/mol. The molecule has 1 N–H and O–H groups in total. The fourth-order valence-electron chi connectivity index (χ4n) is 2.03. The third-order valence-corrected chi connectivity index (χ3v) is 3.30. The number of pyridine rings is 1. The number of rotatable bonds is 5. The highest BCUT2D eigenvalue weighted by Crippen LogP contribution is 2.27. The third kappa shape index (κ3) is 4.57. The van der Waals surface area contributed by atoms with Gasteiger partial charge in [0.15, 0.2) is 0 Å². The summed E-state index contributed by atoms with van der Waals surface area (Å²) in [5, 5.41) is 3.30. The van der Waals surface area contributed by atoms with E-state index in [0.29, 0.717) is 5.88 Å². The molecular weight excluding hydrogens is 260 g/mol. The van der Waals surface area contributed by atoms with E-state index in [1.54, 1.807) is 6.20 Å². The molecule has 0 aliphatic rings. The number of nitrogens with zero attached hydrogens (tertiary/aromatic N) is 1. The van der Waals surface area contributed by atoms with E-state index in [1.165, 1.54) is 11.1 Å². The largest absolute Gasteiger partial charge is 0.439 e. The SMILES string of the molecule is CCNCc1ccnc(Oc2cccc(C(C)(C)C)c2)c1. The molecule has 0 aliphatic heterocycles. The first-order valence-electron chi connectivity index (χ1n) is 7.43. The van der Waals surface area contributed by atoms with Crippen LogP contribution in [0.25, 0.3) is 0 Å². The van der Waals surface area contributed by atoms with Crippen molar-refractivity contribution < 1.29 is 4.74 Å². The molecular formula is C18H24N2O. The van der Waals surface area contributed by atoms with E-state index in [-0.39, 0.29) is 5.41 Å². The van der Waals surface area contributed by atoms with Crippen LogP contribution < -0.4 is 10.1 Å². The van der Waals surface area contributed by atoms with Crippen molar-refractivity contribution in [2.24, 2.45) is 0 Å². The standard InChI is InChI=1S/C18H24N2O/c1-5-19-13-14-9-10-20-17(11-14)21-16-8-6-7-15(12-16)18(2,3)4/h6-12,19H,5,13H2,1-4H3. The van der Waals surface area contributed by atoms with Crippen molar-refractivity contribution in [2.75, 3.05) is 6.54 Å². The van der Waals surface area contributed by atoms with Crippen LogP contribution in [0.3, 0.4) is 0 Å². The van der Waals surface area contributed by atoms with Crippen LogP contribution >= 0.6 is 0 Å². The van der Waals surface area contributed by atoms with Gasteiger partial charge >= 0.3 is 0 Å². The molecule has 0 amide bonds. The van der Waals surface area contributed by atoms with Gasteiger partial charge in [0.1, 0.15) is 5.75 Å². The van der Waals surface area contributed by atoms with Gasteiger partial charge < -0.3 is 10.1 Å². The summed E-state index contributed by atoms with van der Waals surface area (Å²) in [6, 6.07) is 12.2. The fourth-order valence-corrected chi connectivity index (χ4v) is 2.03. The zero-order chi connectivity index (χ0) is 15.3. The monoisotopic (exact) mass is 284 g/mol. The molecule has 1 aromatic heterocycles. The number of nitrogens with one attached hydrogen (secondary N) is 1. The van der Waals surface area contributed by atoms with Gasteiger partial charge in [-0.2, -0.15) is 0 Å². The molecule has 3 nitrogen and oxygen atoms in total. The molecule has 0 bridgehead atoms. The van der Waals surface area contributed by atoms with Crippen LogP contribution in [0.5, 0.6) is 11.6 Å². The van der Waals surface area contributed by atoms with Crippen molar-refractivity contribution in [3.8, 4) is 11.6 Å². The zero-order valence-electron chi connectivity index (χ0n) is 13.3. The maximum absolute atomic E-state index is 5.90. The molecule has 0 unspecified atom stereocenters. The lowest BCUT2D eigenvalue weighted by molar-refractivity contribution is 0.458. The van der Waals surface area contributed by atoms with Gasteiger partial charge in [-0.25, -0.2) is 4.98 Å². The Bertz CT molecular complexity index is 588. The van der Waals surface area contributed by atoms with E-state index in [9.17, 15) is 0 Å². The molecule has 21 heavy (non-hydrogen) atoms. The molecule has 2 rings (SSSR count). The lowest BCUT2D eigenvalue weighted by atomic mass is 9.87. The Morgan fingerprint density at radius 1 is 1.14 bits per heavy atom. The topological polar surface area (TPSA) is 34.2 Å². The second kappa shape index (κ2) is 6.72. The summed E-state index contributed by atoms with van der Waals surface area (Å²) in [6.07, 6.45) is 1.79. The van der Waals surface area contributed by atoms with Crippen LogP contribution in [-0.2, 0) is 12.0 Å². The van der Waals surface area contributed by atoms with Crippen LogP contribution in [0.2, 0.25) is 0 Å². The number of aromatic nitrogens is 1. The Morgan fingerprint density at radius 3 is 2.67 bits per heavy atom. The Morgan fingerprint density at radius 2 is 1.95 bits per heavy atom. The maximum atomic E-state index is 5.90. The number of benzene rings is 1. The summed E-state index contributed by atoms with van der Waals surface area (Å²) < 4.78 is 5.90. The molecule has 3 heteroatoms. The zero-order valence-corrected chi connectivity index (χ0v) is 13.3. The van der Waals surface area contributed by atoms with Crippen molar-refractivity contribution in [3.63, 3.8) is 0 Å². The maximum Gasteiger partial charge on any atom is 0.219 e. The molecule has 1 heterocycles. The first-order chi connectivity index (χ1) is 9.99. The highest BCUT2D eigenvalue weighted by atomic mass is 16.5. The van der Waals surface area contributed by atoms with Crippen LogP contribution in [0.15, 0.2) is 42.6 Å². The van der Waals surface area contributed by atoms with Crippen molar-refractivity contribution >= 4 is 0 Å². The Kier molecular flexibility index (Phi) is 4.97. The highest BCUT2D eigenvalue weighted by Gasteiger charge is 2.14. The van der Waals surface area contributed by atoms with Gasteiger partial charge in [-0.1, -0.05) is 39.8 Å². The van der Waals surface area contributed by atoms with Gasteiger partial charge in [-0.15, -0.1) is 0 Å². The van der Waals surface area contributed by atoms with E-state index in [4.69, 9.17) is 4.74 Å². The molecule has 0 atom stereocenters. The molecule has 0 radical (unpaired) electrons. The highest BCUT2D eigenvalue weighted by molar-refractivity contribution is 5.35. The van der Waals surface area contributed by atoms with E-state index in [2.05, 4.69) is 50.1 Å². The smallest absolute Gasteiger partial charge is 0.219 e. The minimum atomic E-state index is 0.111. The van der Waals surface area contributed by atoms with E-state index >= 15 is 0 Å². The van der Waals surface area contributed by atoms with Gasteiger partial charge in [0, 0.05) is 18.8 Å². The van der Waals surface area contributed by atoms with Crippen LogP contribution in [-0.4, -0.2) is 11.5 Å². The van der Waals surface area contributed by atoms with Crippen LogP contribution in [0.1, 0.15) is 38.8 Å². The Labute approximate surface area is 127 Å². The van der Waals surface area contributed by atoms with E-state index in [0.717, 1.165) is 18.8 Å². The van der Waals surface area contributed by atoms with Crippen LogP contribution in [0.4, 0.5) is 0 Å². The van der Waals surface area contributed by atoms with Crippen molar-refractivity contribution in [2.45, 2.75) is 39.7 Å². The van der Waals surface area contributed by atoms with E-state index in [1.807, 2.05) is 24.3 Å². The van der Waals surface area contributed by atoms with Gasteiger partial charge in [0.25, 0.3) is 0 Å².